The van der Waals surface area contributed by atoms with Crippen LogP contribution in [0.4, 0.5) is 0 Å². The van der Waals surface area contributed by atoms with Crippen molar-refractivity contribution in [1.29, 1.82) is 0 Å². The normalized spacial score (nSPS) is 15.6. The molecule has 0 aliphatic heterocycles. The highest BCUT2D eigenvalue weighted by molar-refractivity contribution is 5.25. The summed E-state index contributed by atoms with van der Waals surface area (Å²) in [5.41, 5.74) is 2.00. The highest BCUT2D eigenvalue weighted by atomic mass is 16.5. The number of aliphatic hydroxyl groups is 1. The lowest BCUT2D eigenvalue weighted by Crippen LogP contribution is -2.35. The Balaban J connectivity index is 2.95. The van der Waals surface area contributed by atoms with E-state index >= 15 is 0 Å². The summed E-state index contributed by atoms with van der Waals surface area (Å²) >= 11 is 0. The molecule has 0 bridgehead atoms. The van der Waals surface area contributed by atoms with Crippen LogP contribution in [0.3, 0.4) is 0 Å². The van der Waals surface area contributed by atoms with Gasteiger partial charge in [0, 0.05) is 6.61 Å². The van der Waals surface area contributed by atoms with E-state index in [9.17, 15) is 5.11 Å². The minimum atomic E-state index is -0.574. The third kappa shape index (κ3) is 3.83. The van der Waals surface area contributed by atoms with Crippen LogP contribution in [0, 0.1) is 12.3 Å². The predicted octanol–water partition coefficient (Wildman–Crippen LogP) is 3.48. The number of benzene rings is 1. The first-order valence-electron chi connectivity index (χ1n) is 6.22. The van der Waals surface area contributed by atoms with Gasteiger partial charge in [-0.05, 0) is 24.8 Å². The van der Waals surface area contributed by atoms with Gasteiger partial charge in [-0.1, -0.05) is 50.6 Å². The van der Waals surface area contributed by atoms with Crippen molar-refractivity contribution >= 4 is 0 Å². The van der Waals surface area contributed by atoms with Crippen molar-refractivity contribution in [3.63, 3.8) is 0 Å². The van der Waals surface area contributed by atoms with Gasteiger partial charge in [0.05, 0.1) is 6.10 Å². The van der Waals surface area contributed by atoms with Crippen LogP contribution >= 0.6 is 0 Å². The van der Waals surface area contributed by atoms with Gasteiger partial charge >= 0.3 is 0 Å². The summed E-state index contributed by atoms with van der Waals surface area (Å²) in [5, 5.41) is 10.4. The van der Waals surface area contributed by atoms with Gasteiger partial charge in [-0.3, -0.25) is 0 Å². The van der Waals surface area contributed by atoms with Crippen molar-refractivity contribution < 1.29 is 9.84 Å². The summed E-state index contributed by atoms with van der Waals surface area (Å²) in [4.78, 5) is 0. The zero-order chi connectivity index (χ0) is 13.1. The third-order valence-electron chi connectivity index (χ3n) is 2.87. The monoisotopic (exact) mass is 236 g/mol. The fourth-order valence-electron chi connectivity index (χ4n) is 2.02. The maximum Gasteiger partial charge on any atom is 0.106 e. The largest absolute Gasteiger partial charge is 0.386 e. The van der Waals surface area contributed by atoms with Crippen LogP contribution in [0.1, 0.15) is 44.9 Å². The van der Waals surface area contributed by atoms with Gasteiger partial charge in [-0.25, -0.2) is 0 Å². The summed E-state index contributed by atoms with van der Waals surface area (Å²) in [6.07, 6.45) is -0.760. The van der Waals surface area contributed by atoms with Gasteiger partial charge in [0.2, 0.25) is 0 Å². The molecule has 17 heavy (non-hydrogen) atoms. The minimum Gasteiger partial charge on any atom is -0.386 e. The minimum absolute atomic E-state index is 0.0842. The molecule has 0 aliphatic carbocycles. The number of hydrogen-bond donors (Lipinski definition) is 1. The summed E-state index contributed by atoms with van der Waals surface area (Å²) in [5.74, 6) is 0. The van der Waals surface area contributed by atoms with Crippen molar-refractivity contribution in [2.45, 2.75) is 46.8 Å². The number of aryl methyl sites for hydroxylation is 1. The van der Waals surface area contributed by atoms with Crippen LogP contribution in [0.5, 0.6) is 0 Å². The molecule has 1 aromatic carbocycles. The first-order valence-corrected chi connectivity index (χ1v) is 6.22. The number of rotatable bonds is 4. The smallest absolute Gasteiger partial charge is 0.106 e. The maximum atomic E-state index is 10.4. The molecule has 2 unspecified atom stereocenters. The number of ether oxygens (including phenoxy) is 1. The summed E-state index contributed by atoms with van der Waals surface area (Å²) in [6.45, 7) is 10.9. The van der Waals surface area contributed by atoms with Crippen molar-refractivity contribution in [3.05, 3.63) is 35.4 Å². The van der Waals surface area contributed by atoms with Gasteiger partial charge < -0.3 is 9.84 Å². The lowest BCUT2D eigenvalue weighted by Gasteiger charge is -2.34. The molecule has 0 saturated heterocycles. The van der Waals surface area contributed by atoms with Crippen molar-refractivity contribution in [3.8, 4) is 0 Å². The van der Waals surface area contributed by atoms with E-state index in [0.29, 0.717) is 6.61 Å². The second kappa shape index (κ2) is 5.65. The quantitative estimate of drug-likeness (QED) is 0.867. The standard InChI is InChI=1S/C15H24O2/c1-6-17-14(15(3,4)5)13(16)12-9-7-8-11(2)10-12/h7-10,13-14,16H,6H2,1-5H3. The molecule has 0 amide bonds. The molecule has 96 valence electrons. The molecule has 1 aromatic rings. The average Bonchev–Trinajstić information content (AvgIpc) is 2.23. The van der Waals surface area contributed by atoms with Gasteiger partial charge in [0.15, 0.2) is 0 Å². The Kier molecular flexibility index (Phi) is 4.72. The predicted molar refractivity (Wildman–Crippen MR) is 71.0 cm³/mol. The van der Waals surface area contributed by atoms with E-state index in [4.69, 9.17) is 4.74 Å². The number of hydrogen-bond acceptors (Lipinski definition) is 2. The fourth-order valence-corrected chi connectivity index (χ4v) is 2.02. The zero-order valence-corrected chi connectivity index (χ0v) is 11.5. The Morgan fingerprint density at radius 2 is 1.94 bits per heavy atom. The summed E-state index contributed by atoms with van der Waals surface area (Å²) in [6, 6.07) is 7.97. The summed E-state index contributed by atoms with van der Waals surface area (Å²) in [7, 11) is 0. The SMILES string of the molecule is CCOC(C(O)c1cccc(C)c1)C(C)(C)C. The van der Waals surface area contributed by atoms with Crippen molar-refractivity contribution in [1.82, 2.24) is 0 Å². The molecular weight excluding hydrogens is 212 g/mol. The van der Waals surface area contributed by atoms with E-state index in [-0.39, 0.29) is 11.5 Å². The topological polar surface area (TPSA) is 29.5 Å². The first kappa shape index (κ1) is 14.2. The molecule has 1 N–H and O–H groups in total. The second-order valence-electron chi connectivity index (χ2n) is 5.60. The fraction of sp³-hybridized carbons (Fsp3) is 0.600. The van der Waals surface area contributed by atoms with E-state index in [1.807, 2.05) is 38.1 Å². The average molecular weight is 236 g/mol. The van der Waals surface area contributed by atoms with Gasteiger partial charge in [0.1, 0.15) is 6.10 Å². The van der Waals surface area contributed by atoms with E-state index in [0.717, 1.165) is 11.1 Å². The van der Waals surface area contributed by atoms with E-state index in [2.05, 4.69) is 20.8 Å². The molecular formula is C15H24O2. The molecule has 0 heterocycles. The maximum absolute atomic E-state index is 10.4. The van der Waals surface area contributed by atoms with Crippen LogP contribution in [-0.2, 0) is 4.74 Å². The highest BCUT2D eigenvalue weighted by Gasteiger charge is 2.32. The Labute approximate surface area is 105 Å². The van der Waals surface area contributed by atoms with Gasteiger partial charge in [-0.15, -0.1) is 0 Å². The highest BCUT2D eigenvalue weighted by Crippen LogP contribution is 2.32. The number of aliphatic hydroxyl groups excluding tert-OH is 1. The summed E-state index contributed by atoms with van der Waals surface area (Å²) < 4.78 is 5.71. The van der Waals surface area contributed by atoms with Crippen LogP contribution < -0.4 is 0 Å². The van der Waals surface area contributed by atoms with Crippen LogP contribution in [-0.4, -0.2) is 17.8 Å². The van der Waals surface area contributed by atoms with Crippen molar-refractivity contribution in [2.24, 2.45) is 5.41 Å². The Morgan fingerprint density at radius 3 is 2.41 bits per heavy atom. The zero-order valence-electron chi connectivity index (χ0n) is 11.5. The molecule has 0 radical (unpaired) electrons. The molecule has 0 fully saturated rings. The Hall–Kier alpha value is -0.860. The molecule has 0 saturated carbocycles. The van der Waals surface area contributed by atoms with Crippen molar-refractivity contribution in [2.75, 3.05) is 6.61 Å². The van der Waals surface area contributed by atoms with Crippen LogP contribution in [0.2, 0.25) is 0 Å². The third-order valence-corrected chi connectivity index (χ3v) is 2.87. The molecule has 0 aliphatic rings. The molecule has 2 atom stereocenters. The van der Waals surface area contributed by atoms with Gasteiger partial charge in [-0.2, -0.15) is 0 Å². The van der Waals surface area contributed by atoms with E-state index < -0.39 is 6.10 Å². The Bertz CT molecular complexity index is 352. The van der Waals surface area contributed by atoms with Crippen LogP contribution in [0.25, 0.3) is 0 Å². The second-order valence-corrected chi connectivity index (χ2v) is 5.60. The van der Waals surface area contributed by atoms with Crippen LogP contribution in [0.15, 0.2) is 24.3 Å². The van der Waals surface area contributed by atoms with E-state index in [1.54, 1.807) is 0 Å². The molecule has 2 nitrogen and oxygen atoms in total. The van der Waals surface area contributed by atoms with Gasteiger partial charge in [0.25, 0.3) is 0 Å². The molecule has 0 aromatic heterocycles. The Morgan fingerprint density at radius 1 is 1.29 bits per heavy atom. The lowest BCUT2D eigenvalue weighted by molar-refractivity contribution is -0.0899. The first-order chi connectivity index (χ1) is 7.86. The van der Waals surface area contributed by atoms with E-state index in [1.165, 1.54) is 0 Å². The molecule has 0 spiro atoms. The molecule has 1 rings (SSSR count). The lowest BCUT2D eigenvalue weighted by atomic mass is 9.83. The molecule has 2 heteroatoms.